The van der Waals surface area contributed by atoms with Gasteiger partial charge in [0.15, 0.2) is 6.29 Å². The number of carbonyl (C=O) groups is 1. The minimum atomic E-state index is -0.993. The molecule has 1 atom stereocenters. The number of para-hydroxylation sites is 2. The molecule has 0 radical (unpaired) electrons. The van der Waals surface area contributed by atoms with E-state index in [0.717, 1.165) is 62.0 Å². The van der Waals surface area contributed by atoms with Crippen LogP contribution in [-0.2, 0) is 10.3 Å². The molecule has 0 N–H and O–H groups in total. The van der Waals surface area contributed by atoms with E-state index in [0.29, 0.717) is 6.42 Å². The average Bonchev–Trinajstić information content (AvgIpc) is 3.13. The highest BCUT2D eigenvalue weighted by atomic mass is 16.1. The lowest BCUT2D eigenvalue weighted by Gasteiger charge is -2.45. The van der Waals surface area contributed by atoms with E-state index >= 15 is 0 Å². The monoisotopic (exact) mass is 592 g/mol. The van der Waals surface area contributed by atoms with Gasteiger partial charge in [0.1, 0.15) is 5.54 Å². The zero-order valence-corrected chi connectivity index (χ0v) is 25.3. The third-order valence-electron chi connectivity index (χ3n) is 9.14. The van der Waals surface area contributed by atoms with Gasteiger partial charge in [-0.25, -0.2) is 0 Å². The third-order valence-corrected chi connectivity index (χ3v) is 9.14. The van der Waals surface area contributed by atoms with E-state index in [4.69, 9.17) is 0 Å². The lowest BCUT2D eigenvalue weighted by molar-refractivity contribution is -0.112. The zero-order valence-electron chi connectivity index (χ0n) is 25.3. The Morgan fingerprint density at radius 3 is 1.70 bits per heavy atom. The molecule has 3 nitrogen and oxygen atoms in total. The summed E-state index contributed by atoms with van der Waals surface area (Å²) >= 11 is 0. The van der Waals surface area contributed by atoms with E-state index in [1.807, 2.05) is 24.3 Å². The maximum atomic E-state index is 13.9. The summed E-state index contributed by atoms with van der Waals surface area (Å²) in [5.74, 6) is 0. The van der Waals surface area contributed by atoms with Gasteiger partial charge in [0, 0.05) is 34.1 Å². The van der Waals surface area contributed by atoms with Crippen molar-refractivity contribution in [2.24, 2.45) is 0 Å². The van der Waals surface area contributed by atoms with Crippen LogP contribution >= 0.6 is 0 Å². The number of benzene rings is 7. The predicted molar refractivity (Wildman–Crippen MR) is 193 cm³/mol. The number of hydrogen-bond donors (Lipinski definition) is 0. The molecule has 0 aliphatic heterocycles. The SMILES string of the molecule is O=CC1(N(c2ccccc2)c2cccc3ccccc23)CC=Cc2c(N(c3ccccc3)c3cccc4ccccc34)cccc21. The molecule has 0 amide bonds. The van der Waals surface area contributed by atoms with Crippen molar-refractivity contribution in [3.8, 4) is 0 Å². The second-order valence-corrected chi connectivity index (χ2v) is 11.7. The summed E-state index contributed by atoms with van der Waals surface area (Å²) in [6, 6.07) is 56.9. The fraction of sp³-hybridized carbons (Fsp3) is 0.0465. The molecule has 46 heavy (non-hydrogen) atoms. The first-order valence-corrected chi connectivity index (χ1v) is 15.7. The molecule has 1 unspecified atom stereocenters. The maximum absolute atomic E-state index is 13.9. The van der Waals surface area contributed by atoms with E-state index in [9.17, 15) is 4.79 Å². The molecule has 0 spiro atoms. The molecule has 7 aromatic rings. The van der Waals surface area contributed by atoms with Crippen molar-refractivity contribution in [2.45, 2.75) is 12.0 Å². The van der Waals surface area contributed by atoms with Crippen LogP contribution in [0.1, 0.15) is 17.5 Å². The van der Waals surface area contributed by atoms with Crippen molar-refractivity contribution in [1.29, 1.82) is 0 Å². The molecule has 8 rings (SSSR count). The number of anilines is 5. The highest BCUT2D eigenvalue weighted by Gasteiger charge is 2.43. The van der Waals surface area contributed by atoms with E-state index in [2.05, 4.69) is 161 Å². The van der Waals surface area contributed by atoms with Gasteiger partial charge < -0.3 is 14.6 Å². The first-order valence-electron chi connectivity index (χ1n) is 15.7. The molecule has 1 aliphatic carbocycles. The van der Waals surface area contributed by atoms with Crippen LogP contribution in [0.5, 0.6) is 0 Å². The molecule has 220 valence electrons. The van der Waals surface area contributed by atoms with Gasteiger partial charge in [-0.2, -0.15) is 0 Å². The summed E-state index contributed by atoms with van der Waals surface area (Å²) in [5.41, 5.74) is 6.13. The van der Waals surface area contributed by atoms with E-state index in [1.54, 1.807) is 0 Å². The molecule has 0 aromatic heterocycles. The first-order chi connectivity index (χ1) is 22.8. The molecule has 3 heteroatoms. The Hall–Kier alpha value is -5.93. The number of carbonyl (C=O) groups excluding carboxylic acids is 1. The average molecular weight is 593 g/mol. The number of nitrogens with zero attached hydrogens (tertiary/aromatic N) is 2. The van der Waals surface area contributed by atoms with Crippen molar-refractivity contribution in [2.75, 3.05) is 9.80 Å². The Labute approximate surface area is 269 Å². The Bertz CT molecular complexity index is 2210. The summed E-state index contributed by atoms with van der Waals surface area (Å²) < 4.78 is 0. The van der Waals surface area contributed by atoms with Crippen molar-refractivity contribution >= 4 is 62.3 Å². The Kier molecular flexibility index (Phi) is 6.92. The summed E-state index contributed by atoms with van der Waals surface area (Å²) in [6.07, 6.45) is 6.04. The van der Waals surface area contributed by atoms with Gasteiger partial charge in [-0.15, -0.1) is 0 Å². The van der Waals surface area contributed by atoms with Crippen LogP contribution in [0.2, 0.25) is 0 Å². The second-order valence-electron chi connectivity index (χ2n) is 11.7. The standard InChI is InChI=1S/C43H32N2O/c46-31-43(45(35-21-5-2-6-22-35)42-29-12-18-33-16-8-10-24-37(33)42)30-14-25-38-39(43)26-13-28-41(38)44(34-19-3-1-4-20-34)40-27-11-17-32-15-7-9-23-36(32)40/h1-29,31H,30H2. The smallest absolute Gasteiger partial charge is 0.150 e. The minimum absolute atomic E-state index is 0.532. The molecule has 1 aliphatic rings. The molecule has 0 saturated heterocycles. The van der Waals surface area contributed by atoms with Crippen molar-refractivity contribution in [3.05, 3.63) is 181 Å². The lowest BCUT2D eigenvalue weighted by Crippen LogP contribution is -2.46. The second kappa shape index (κ2) is 11.5. The fourth-order valence-corrected chi connectivity index (χ4v) is 7.10. The van der Waals surface area contributed by atoms with Gasteiger partial charge >= 0.3 is 0 Å². The highest BCUT2D eigenvalue weighted by Crippen LogP contribution is 2.50. The van der Waals surface area contributed by atoms with Crippen LogP contribution in [0, 0.1) is 0 Å². The van der Waals surface area contributed by atoms with Crippen LogP contribution in [0.4, 0.5) is 28.4 Å². The maximum Gasteiger partial charge on any atom is 0.150 e. The Morgan fingerprint density at radius 1 is 0.500 bits per heavy atom. The topological polar surface area (TPSA) is 23.6 Å². The number of aldehydes is 1. The lowest BCUT2D eigenvalue weighted by atomic mass is 9.77. The summed E-state index contributed by atoms with van der Waals surface area (Å²) in [4.78, 5) is 18.5. The summed E-state index contributed by atoms with van der Waals surface area (Å²) in [6.45, 7) is 0. The van der Waals surface area contributed by atoms with Gasteiger partial charge in [-0.3, -0.25) is 0 Å². The van der Waals surface area contributed by atoms with Crippen LogP contribution in [-0.4, -0.2) is 6.29 Å². The van der Waals surface area contributed by atoms with Gasteiger partial charge in [0.25, 0.3) is 0 Å². The van der Waals surface area contributed by atoms with Crippen LogP contribution in [0.15, 0.2) is 170 Å². The van der Waals surface area contributed by atoms with Crippen molar-refractivity contribution in [1.82, 2.24) is 0 Å². The Morgan fingerprint density at radius 2 is 1.02 bits per heavy atom. The third kappa shape index (κ3) is 4.48. The molecular formula is C43H32N2O. The molecule has 0 bridgehead atoms. The Balaban J connectivity index is 1.40. The normalized spacial score (nSPS) is 15.4. The van der Waals surface area contributed by atoms with Gasteiger partial charge in [-0.05, 0) is 58.8 Å². The molecule has 7 aromatic carbocycles. The number of rotatable bonds is 7. The van der Waals surface area contributed by atoms with Crippen molar-refractivity contribution in [3.63, 3.8) is 0 Å². The van der Waals surface area contributed by atoms with Crippen molar-refractivity contribution < 1.29 is 4.79 Å². The minimum Gasteiger partial charge on any atom is -0.323 e. The van der Waals surface area contributed by atoms with Crippen LogP contribution in [0.3, 0.4) is 0 Å². The van der Waals surface area contributed by atoms with Crippen LogP contribution in [0.25, 0.3) is 27.6 Å². The number of fused-ring (bicyclic) bond motifs is 3. The molecule has 0 heterocycles. The fourth-order valence-electron chi connectivity index (χ4n) is 7.10. The summed E-state index contributed by atoms with van der Waals surface area (Å²) in [5, 5.41) is 4.57. The molecular weight excluding hydrogens is 560 g/mol. The van der Waals surface area contributed by atoms with Crippen LogP contribution < -0.4 is 9.80 Å². The number of hydrogen-bond acceptors (Lipinski definition) is 3. The summed E-state index contributed by atoms with van der Waals surface area (Å²) in [7, 11) is 0. The first kappa shape index (κ1) is 27.6. The van der Waals surface area contributed by atoms with E-state index in [1.165, 1.54) is 5.39 Å². The van der Waals surface area contributed by atoms with Gasteiger partial charge in [0.05, 0.1) is 17.1 Å². The van der Waals surface area contributed by atoms with Gasteiger partial charge in [-0.1, -0.05) is 133 Å². The highest BCUT2D eigenvalue weighted by molar-refractivity contribution is 6.02. The van der Waals surface area contributed by atoms with E-state index in [-0.39, 0.29) is 0 Å². The molecule has 0 saturated carbocycles. The van der Waals surface area contributed by atoms with Gasteiger partial charge in [0.2, 0.25) is 0 Å². The molecule has 0 fully saturated rings. The van der Waals surface area contributed by atoms with E-state index < -0.39 is 5.54 Å². The quantitative estimate of drug-likeness (QED) is 0.172. The largest absolute Gasteiger partial charge is 0.323 e. The zero-order chi connectivity index (χ0) is 30.9. The predicted octanol–water partition coefficient (Wildman–Crippen LogP) is 11.1.